The molecule has 13 heavy (non-hydrogen) atoms. The van der Waals surface area contributed by atoms with E-state index < -0.39 is 5.82 Å². The van der Waals surface area contributed by atoms with Crippen molar-refractivity contribution < 1.29 is 9.18 Å². The number of fused-ring (bicyclic) bond motifs is 1. The Morgan fingerprint density at radius 2 is 2.31 bits per heavy atom. The highest BCUT2D eigenvalue weighted by Crippen LogP contribution is 2.16. The summed E-state index contributed by atoms with van der Waals surface area (Å²) < 4.78 is 12.9. The fraction of sp³-hybridized carbons (Fsp3) is 0.111. The van der Waals surface area contributed by atoms with Gasteiger partial charge in [0, 0.05) is 5.56 Å². The highest BCUT2D eigenvalue weighted by molar-refractivity contribution is 5.94. The number of aromatic nitrogens is 2. The van der Waals surface area contributed by atoms with E-state index in [1.165, 1.54) is 12.1 Å². The van der Waals surface area contributed by atoms with Gasteiger partial charge in [-0.2, -0.15) is 0 Å². The van der Waals surface area contributed by atoms with Crippen LogP contribution in [0, 0.1) is 12.7 Å². The van der Waals surface area contributed by atoms with Crippen molar-refractivity contribution in [2.75, 3.05) is 0 Å². The normalized spacial score (nSPS) is 10.6. The zero-order chi connectivity index (χ0) is 9.42. The average molecular weight is 178 g/mol. The van der Waals surface area contributed by atoms with E-state index >= 15 is 0 Å². The number of benzene rings is 1. The number of carbonyl (C=O) groups excluding carboxylic acids is 1. The zero-order valence-electron chi connectivity index (χ0n) is 6.97. The molecule has 0 radical (unpaired) electrons. The molecule has 0 aliphatic carbocycles. The molecule has 2 rings (SSSR count). The number of halogens is 1. The van der Waals surface area contributed by atoms with Crippen LogP contribution in [0.3, 0.4) is 0 Å². The number of nitrogens with zero attached hydrogens (tertiary/aromatic N) is 1. The molecule has 2 aromatic rings. The molecule has 0 amide bonds. The fourth-order valence-corrected chi connectivity index (χ4v) is 1.32. The van der Waals surface area contributed by atoms with Crippen molar-refractivity contribution in [3.63, 3.8) is 0 Å². The number of aldehydes is 1. The Balaban J connectivity index is 2.88. The molecule has 1 N–H and O–H groups in total. The van der Waals surface area contributed by atoms with E-state index in [-0.39, 0.29) is 5.56 Å². The van der Waals surface area contributed by atoms with Gasteiger partial charge in [0.15, 0.2) is 6.29 Å². The van der Waals surface area contributed by atoms with E-state index in [9.17, 15) is 9.18 Å². The third-order valence-corrected chi connectivity index (χ3v) is 1.83. The van der Waals surface area contributed by atoms with Crippen molar-refractivity contribution >= 4 is 17.3 Å². The van der Waals surface area contributed by atoms with E-state index in [0.29, 0.717) is 23.1 Å². The van der Waals surface area contributed by atoms with Gasteiger partial charge in [0.25, 0.3) is 0 Å². The molecule has 0 aliphatic heterocycles. The summed E-state index contributed by atoms with van der Waals surface area (Å²) in [6, 6.07) is 2.50. The molecule has 1 heterocycles. The number of nitrogens with one attached hydrogen (secondary N) is 1. The molecule has 4 heteroatoms. The number of hydrogen-bond acceptors (Lipinski definition) is 2. The SMILES string of the molecule is Cc1nc2c(C=O)cc(F)cc2[nH]1. The third kappa shape index (κ3) is 1.20. The lowest BCUT2D eigenvalue weighted by Gasteiger charge is -1.92. The standard InChI is InChI=1S/C9H7FN2O/c1-5-11-8-3-7(10)2-6(4-13)9(8)12-5/h2-4H,1H3,(H,11,12). The van der Waals surface area contributed by atoms with Crippen LogP contribution in [0.5, 0.6) is 0 Å². The Hall–Kier alpha value is -1.71. The first-order chi connectivity index (χ1) is 6.20. The Kier molecular flexibility index (Phi) is 1.62. The molecule has 0 unspecified atom stereocenters. The molecule has 0 saturated carbocycles. The van der Waals surface area contributed by atoms with Crippen LogP contribution in [0.2, 0.25) is 0 Å². The lowest BCUT2D eigenvalue weighted by Crippen LogP contribution is -1.85. The van der Waals surface area contributed by atoms with Crippen LogP contribution >= 0.6 is 0 Å². The Morgan fingerprint density at radius 3 is 3.00 bits per heavy atom. The third-order valence-electron chi connectivity index (χ3n) is 1.83. The number of rotatable bonds is 1. The lowest BCUT2D eigenvalue weighted by molar-refractivity contribution is 0.112. The van der Waals surface area contributed by atoms with Gasteiger partial charge < -0.3 is 4.98 Å². The predicted molar refractivity (Wildman–Crippen MR) is 46.2 cm³/mol. The minimum Gasteiger partial charge on any atom is -0.342 e. The molecular formula is C9H7FN2O. The monoisotopic (exact) mass is 178 g/mol. The van der Waals surface area contributed by atoms with Gasteiger partial charge in [-0.05, 0) is 19.1 Å². The first-order valence-electron chi connectivity index (χ1n) is 3.82. The van der Waals surface area contributed by atoms with Crippen LogP contribution in [0.4, 0.5) is 4.39 Å². The molecule has 0 atom stereocenters. The summed E-state index contributed by atoms with van der Waals surface area (Å²) in [7, 11) is 0. The fourth-order valence-electron chi connectivity index (χ4n) is 1.32. The lowest BCUT2D eigenvalue weighted by atomic mass is 10.2. The second-order valence-corrected chi connectivity index (χ2v) is 2.83. The number of imidazole rings is 1. The van der Waals surface area contributed by atoms with E-state index in [2.05, 4.69) is 9.97 Å². The van der Waals surface area contributed by atoms with Crippen molar-refractivity contribution in [2.45, 2.75) is 6.92 Å². The van der Waals surface area contributed by atoms with Crippen molar-refractivity contribution in [1.82, 2.24) is 9.97 Å². The first-order valence-corrected chi connectivity index (χ1v) is 3.82. The van der Waals surface area contributed by atoms with Crippen molar-refractivity contribution in [3.8, 4) is 0 Å². The average Bonchev–Trinajstić information content (AvgIpc) is 2.43. The molecule has 0 spiro atoms. The Morgan fingerprint density at radius 1 is 1.54 bits per heavy atom. The summed E-state index contributed by atoms with van der Waals surface area (Å²) in [5, 5.41) is 0. The van der Waals surface area contributed by atoms with Crippen molar-refractivity contribution in [1.29, 1.82) is 0 Å². The summed E-state index contributed by atoms with van der Waals surface area (Å²) in [5.74, 6) is 0.238. The summed E-state index contributed by atoms with van der Waals surface area (Å²) in [5.41, 5.74) is 1.35. The van der Waals surface area contributed by atoms with Crippen LogP contribution in [-0.2, 0) is 0 Å². The first kappa shape index (κ1) is 7.91. The molecule has 0 fully saturated rings. The van der Waals surface area contributed by atoms with Crippen LogP contribution in [-0.4, -0.2) is 16.3 Å². The Bertz CT molecular complexity index is 476. The van der Waals surface area contributed by atoms with Gasteiger partial charge in [0.05, 0.1) is 11.0 Å². The molecule has 0 bridgehead atoms. The topological polar surface area (TPSA) is 45.8 Å². The van der Waals surface area contributed by atoms with E-state index in [1.54, 1.807) is 6.92 Å². The molecule has 1 aromatic heterocycles. The zero-order valence-corrected chi connectivity index (χ0v) is 6.97. The van der Waals surface area contributed by atoms with Crippen LogP contribution in [0.15, 0.2) is 12.1 Å². The molecule has 66 valence electrons. The van der Waals surface area contributed by atoms with Gasteiger partial charge >= 0.3 is 0 Å². The van der Waals surface area contributed by atoms with Crippen molar-refractivity contribution in [2.24, 2.45) is 0 Å². The summed E-state index contributed by atoms with van der Waals surface area (Å²) in [6.07, 6.45) is 0.603. The van der Waals surface area contributed by atoms with E-state index in [0.717, 1.165) is 0 Å². The number of aromatic amines is 1. The molecule has 3 nitrogen and oxygen atoms in total. The largest absolute Gasteiger partial charge is 0.342 e. The van der Waals surface area contributed by atoms with Crippen LogP contribution in [0.1, 0.15) is 16.2 Å². The van der Waals surface area contributed by atoms with Crippen LogP contribution in [0.25, 0.3) is 11.0 Å². The number of hydrogen-bond donors (Lipinski definition) is 1. The maximum atomic E-state index is 12.9. The predicted octanol–water partition coefficient (Wildman–Crippen LogP) is 1.82. The van der Waals surface area contributed by atoms with Gasteiger partial charge in [0.1, 0.15) is 11.6 Å². The van der Waals surface area contributed by atoms with Gasteiger partial charge in [-0.15, -0.1) is 0 Å². The Labute approximate surface area is 73.6 Å². The van der Waals surface area contributed by atoms with Crippen LogP contribution < -0.4 is 0 Å². The second kappa shape index (κ2) is 2.65. The van der Waals surface area contributed by atoms with Gasteiger partial charge in [-0.25, -0.2) is 9.37 Å². The highest BCUT2D eigenvalue weighted by atomic mass is 19.1. The second-order valence-electron chi connectivity index (χ2n) is 2.83. The van der Waals surface area contributed by atoms with E-state index in [4.69, 9.17) is 0 Å². The number of carbonyl (C=O) groups is 1. The van der Waals surface area contributed by atoms with Gasteiger partial charge in [0.2, 0.25) is 0 Å². The molecule has 1 aromatic carbocycles. The maximum absolute atomic E-state index is 12.9. The maximum Gasteiger partial charge on any atom is 0.152 e. The minimum atomic E-state index is -0.432. The van der Waals surface area contributed by atoms with Gasteiger partial charge in [-0.3, -0.25) is 4.79 Å². The summed E-state index contributed by atoms with van der Waals surface area (Å²) >= 11 is 0. The molecule has 0 aliphatic rings. The highest BCUT2D eigenvalue weighted by Gasteiger charge is 2.06. The summed E-state index contributed by atoms with van der Waals surface area (Å²) in [4.78, 5) is 17.5. The minimum absolute atomic E-state index is 0.277. The quantitative estimate of drug-likeness (QED) is 0.677. The smallest absolute Gasteiger partial charge is 0.152 e. The van der Waals surface area contributed by atoms with E-state index in [1.807, 2.05) is 0 Å². The van der Waals surface area contributed by atoms with Crippen molar-refractivity contribution in [3.05, 3.63) is 29.3 Å². The number of H-pyrrole nitrogens is 1. The molecule has 0 saturated heterocycles. The molecular weight excluding hydrogens is 171 g/mol. The summed E-state index contributed by atoms with van der Waals surface area (Å²) in [6.45, 7) is 1.76. The van der Waals surface area contributed by atoms with Gasteiger partial charge in [-0.1, -0.05) is 0 Å². The number of aryl methyl sites for hydroxylation is 1.